The minimum Gasteiger partial charge on any atom is -0.476 e. The highest BCUT2D eigenvalue weighted by Crippen LogP contribution is 2.33. The normalized spacial score (nSPS) is 12.5. The van der Waals surface area contributed by atoms with Gasteiger partial charge >= 0.3 is 5.97 Å². The quantitative estimate of drug-likeness (QED) is 0.196. The molecular weight excluding hydrogens is 616 g/mol. The van der Waals surface area contributed by atoms with Gasteiger partial charge in [0.05, 0.1) is 11.3 Å². The molecule has 10 nitrogen and oxygen atoms in total. The van der Waals surface area contributed by atoms with Crippen molar-refractivity contribution in [2.45, 2.75) is 48.4 Å². The van der Waals surface area contributed by atoms with E-state index in [0.717, 1.165) is 0 Å². The number of carbonyl (C=O) groups excluding carboxylic acids is 1. The first kappa shape index (κ1) is 31.0. The summed E-state index contributed by atoms with van der Waals surface area (Å²) in [6, 6.07) is 17.9. The molecule has 2 N–H and O–H groups in total. The van der Waals surface area contributed by atoms with Crippen LogP contribution in [0.15, 0.2) is 76.7 Å². The van der Waals surface area contributed by atoms with Gasteiger partial charge in [-0.2, -0.15) is 8.78 Å². The molecule has 1 aliphatic heterocycles. The number of fused-ring (bicyclic) bond motifs is 1. The van der Waals surface area contributed by atoms with Gasteiger partial charge in [0.15, 0.2) is 17.2 Å². The lowest BCUT2D eigenvalue weighted by Gasteiger charge is -2.13. The topological polar surface area (TPSA) is 137 Å². The molecule has 0 saturated heterocycles. The van der Waals surface area contributed by atoms with Crippen LogP contribution in [0.1, 0.15) is 40.8 Å². The van der Waals surface area contributed by atoms with E-state index in [1.165, 1.54) is 10.6 Å². The summed E-state index contributed by atoms with van der Waals surface area (Å²) in [7, 11) is -4.26. The number of rotatable bonds is 12. The standard InChI is InChI=1S/C30H27F2N3O7S2/c1-2-5-25-33-28(43-30(31)32)27(29(37)38)35(25)16-18-8-11-20(12-9-18)21-6-3-4-7-24(21)44(39,40)34-26(36)15-19-10-13-22-23(14-19)42-17-41-22/h3-4,6-14,30H,2,5,15-17H2,1H3,(H,34,36)(H,37,38). The molecule has 0 atom stereocenters. The Morgan fingerprint density at radius 2 is 1.75 bits per heavy atom. The number of aromatic nitrogens is 2. The number of sulfonamides is 1. The number of ether oxygens (including phenoxy) is 2. The number of carboxylic acid groups (broad SMARTS) is 1. The molecule has 4 aromatic rings. The van der Waals surface area contributed by atoms with Crippen molar-refractivity contribution in [3.8, 4) is 22.6 Å². The summed E-state index contributed by atoms with van der Waals surface area (Å²) in [5, 5.41) is 9.54. The second-order valence-corrected chi connectivity index (χ2v) is 12.4. The van der Waals surface area contributed by atoms with Crippen molar-refractivity contribution >= 4 is 33.7 Å². The number of nitrogens with one attached hydrogen (secondary N) is 1. The van der Waals surface area contributed by atoms with Crippen molar-refractivity contribution in [1.82, 2.24) is 14.3 Å². The zero-order valence-corrected chi connectivity index (χ0v) is 25.0. The van der Waals surface area contributed by atoms with Gasteiger partial charge in [0, 0.05) is 18.5 Å². The average Bonchev–Trinajstić information content (AvgIpc) is 3.57. The molecule has 5 rings (SSSR count). The van der Waals surface area contributed by atoms with Crippen LogP contribution in [0.5, 0.6) is 11.5 Å². The molecule has 0 fully saturated rings. The van der Waals surface area contributed by atoms with Gasteiger partial charge in [-0.1, -0.05) is 55.5 Å². The highest BCUT2D eigenvalue weighted by molar-refractivity contribution is 7.99. The number of carbonyl (C=O) groups is 2. The van der Waals surface area contributed by atoms with E-state index in [0.29, 0.717) is 52.4 Å². The summed E-state index contributed by atoms with van der Waals surface area (Å²) in [5.41, 5.74) is 1.77. The van der Waals surface area contributed by atoms with E-state index in [-0.39, 0.29) is 47.1 Å². The fourth-order valence-corrected chi connectivity index (χ4v) is 6.67. The number of alkyl halides is 2. The third-order valence-electron chi connectivity index (χ3n) is 6.72. The fraction of sp³-hybridized carbons (Fsp3) is 0.233. The zero-order valence-electron chi connectivity index (χ0n) is 23.3. The molecule has 1 aliphatic rings. The molecule has 14 heteroatoms. The Morgan fingerprint density at radius 3 is 2.45 bits per heavy atom. The Hall–Kier alpha value is -4.43. The number of thioether (sulfide) groups is 1. The smallest absolute Gasteiger partial charge is 0.355 e. The Balaban J connectivity index is 1.36. The second kappa shape index (κ2) is 13.1. The number of aryl methyl sites for hydroxylation is 1. The lowest BCUT2D eigenvalue weighted by atomic mass is 10.0. The third-order valence-corrected chi connectivity index (χ3v) is 8.84. The minimum atomic E-state index is -4.26. The van der Waals surface area contributed by atoms with Crippen LogP contribution in [-0.4, -0.2) is 47.5 Å². The number of hydrogen-bond acceptors (Lipinski definition) is 8. The van der Waals surface area contributed by atoms with Crippen LogP contribution in [-0.2, 0) is 34.2 Å². The lowest BCUT2D eigenvalue weighted by Crippen LogP contribution is -2.32. The molecule has 0 saturated carbocycles. The van der Waals surface area contributed by atoms with Gasteiger partial charge in [0.1, 0.15) is 10.9 Å². The molecule has 1 amide bonds. The predicted octanol–water partition coefficient (Wildman–Crippen LogP) is 5.34. The zero-order chi connectivity index (χ0) is 31.4. The monoisotopic (exact) mass is 643 g/mol. The molecule has 44 heavy (non-hydrogen) atoms. The molecule has 0 bridgehead atoms. The molecule has 230 valence electrons. The van der Waals surface area contributed by atoms with E-state index < -0.39 is 27.7 Å². The van der Waals surface area contributed by atoms with E-state index in [1.807, 2.05) is 6.92 Å². The first-order chi connectivity index (χ1) is 21.1. The number of benzene rings is 3. The predicted molar refractivity (Wildman–Crippen MR) is 158 cm³/mol. The number of halogens is 2. The Morgan fingerprint density at radius 1 is 1.05 bits per heavy atom. The summed E-state index contributed by atoms with van der Waals surface area (Å²) in [4.78, 5) is 28.8. The molecule has 1 aromatic heterocycles. The van der Waals surface area contributed by atoms with E-state index in [2.05, 4.69) is 9.71 Å². The van der Waals surface area contributed by atoms with Gasteiger partial charge in [-0.05, 0) is 53.1 Å². The molecule has 0 spiro atoms. The number of imidazole rings is 1. The van der Waals surface area contributed by atoms with Crippen molar-refractivity contribution in [1.29, 1.82) is 0 Å². The first-order valence-electron chi connectivity index (χ1n) is 13.5. The van der Waals surface area contributed by atoms with Crippen LogP contribution >= 0.6 is 11.8 Å². The number of carboxylic acids is 1. The first-order valence-corrected chi connectivity index (χ1v) is 15.8. The maximum absolute atomic E-state index is 13.3. The van der Waals surface area contributed by atoms with Crippen molar-refractivity contribution < 1.29 is 41.4 Å². The van der Waals surface area contributed by atoms with Crippen LogP contribution in [0.25, 0.3) is 11.1 Å². The summed E-state index contributed by atoms with van der Waals surface area (Å²) < 4.78 is 66.9. The fourth-order valence-electron chi connectivity index (χ4n) is 4.82. The van der Waals surface area contributed by atoms with Crippen molar-refractivity contribution in [3.63, 3.8) is 0 Å². The van der Waals surface area contributed by atoms with Crippen LogP contribution < -0.4 is 14.2 Å². The van der Waals surface area contributed by atoms with Crippen LogP contribution in [0.4, 0.5) is 8.78 Å². The molecule has 0 unspecified atom stereocenters. The minimum absolute atomic E-state index is 0.0594. The highest BCUT2D eigenvalue weighted by Gasteiger charge is 2.26. The maximum Gasteiger partial charge on any atom is 0.355 e. The molecule has 2 heterocycles. The van der Waals surface area contributed by atoms with Gasteiger partial charge < -0.3 is 19.1 Å². The van der Waals surface area contributed by atoms with E-state index in [9.17, 15) is 31.9 Å². The van der Waals surface area contributed by atoms with Crippen molar-refractivity contribution in [2.24, 2.45) is 0 Å². The number of nitrogens with zero attached hydrogens (tertiary/aromatic N) is 2. The molecule has 3 aromatic carbocycles. The molecular formula is C30H27F2N3O7S2. The Bertz CT molecular complexity index is 1810. The van der Waals surface area contributed by atoms with E-state index in [4.69, 9.17) is 9.47 Å². The maximum atomic E-state index is 13.3. The van der Waals surface area contributed by atoms with E-state index in [1.54, 1.807) is 60.7 Å². The van der Waals surface area contributed by atoms with Gasteiger partial charge in [-0.3, -0.25) is 4.79 Å². The Kier molecular flexibility index (Phi) is 9.20. The average molecular weight is 644 g/mol. The van der Waals surface area contributed by atoms with E-state index >= 15 is 0 Å². The lowest BCUT2D eigenvalue weighted by molar-refractivity contribution is -0.118. The Labute approximate surface area is 256 Å². The molecule has 0 radical (unpaired) electrons. The molecule has 0 aliphatic carbocycles. The summed E-state index contributed by atoms with van der Waals surface area (Å²) in [6.45, 7) is 2.01. The van der Waals surface area contributed by atoms with Crippen LogP contribution in [0.3, 0.4) is 0 Å². The number of amides is 1. The van der Waals surface area contributed by atoms with Gasteiger partial charge in [-0.15, -0.1) is 0 Å². The number of aromatic carboxylic acids is 1. The van der Waals surface area contributed by atoms with Gasteiger partial charge in [0.25, 0.3) is 15.8 Å². The summed E-state index contributed by atoms with van der Waals surface area (Å²) >= 11 is 0.0938. The SMILES string of the molecule is CCCc1nc(SC(F)F)c(C(=O)O)n1Cc1ccc(-c2ccccc2S(=O)(=O)NC(=O)Cc2ccc3c(c2)OCO3)cc1. The summed E-state index contributed by atoms with van der Waals surface area (Å²) in [5.74, 6) is -3.51. The van der Waals surface area contributed by atoms with Crippen molar-refractivity contribution in [2.75, 3.05) is 6.79 Å². The second-order valence-electron chi connectivity index (χ2n) is 9.79. The number of hydrogen-bond donors (Lipinski definition) is 2. The van der Waals surface area contributed by atoms with Crippen molar-refractivity contribution in [3.05, 3.63) is 89.4 Å². The third kappa shape index (κ3) is 6.86. The van der Waals surface area contributed by atoms with Crippen LogP contribution in [0.2, 0.25) is 0 Å². The largest absolute Gasteiger partial charge is 0.476 e. The van der Waals surface area contributed by atoms with Gasteiger partial charge in [0.2, 0.25) is 12.7 Å². The van der Waals surface area contributed by atoms with Gasteiger partial charge in [-0.25, -0.2) is 22.9 Å². The van der Waals surface area contributed by atoms with Crippen LogP contribution in [0, 0.1) is 0 Å². The highest BCUT2D eigenvalue weighted by atomic mass is 32.2. The summed E-state index contributed by atoms with van der Waals surface area (Å²) in [6.07, 6.45) is 0.830.